The average Bonchev–Trinajstić information content (AvgIpc) is 3.15. The van der Waals surface area contributed by atoms with E-state index >= 15 is 0 Å². The molecule has 1 fully saturated rings. The molecule has 0 atom stereocenters. The Balaban J connectivity index is 1.86. The van der Waals surface area contributed by atoms with Crippen molar-refractivity contribution in [1.29, 1.82) is 0 Å². The quantitative estimate of drug-likeness (QED) is 0.790. The van der Waals surface area contributed by atoms with E-state index in [0.717, 1.165) is 25.7 Å². The number of nitrogens with one attached hydrogen (secondary N) is 2. The minimum atomic E-state index is -3.74. The molecule has 2 aromatic carbocycles. The minimum absolute atomic E-state index is 0.000504. The van der Waals surface area contributed by atoms with Crippen LogP contribution in [-0.4, -0.2) is 27.5 Å². The summed E-state index contributed by atoms with van der Waals surface area (Å²) in [5.41, 5.74) is 0.469. The SMILES string of the molecule is COc1ccc(S(=O)(=O)NC2CCCC2)cc1C(=O)Nc1ccc(F)cc1. The number of hydrogen-bond acceptors (Lipinski definition) is 4. The van der Waals surface area contributed by atoms with E-state index in [2.05, 4.69) is 10.0 Å². The molecule has 1 aliphatic carbocycles. The van der Waals surface area contributed by atoms with Crippen molar-refractivity contribution < 1.29 is 22.3 Å². The molecular weight excluding hydrogens is 371 g/mol. The van der Waals surface area contributed by atoms with Gasteiger partial charge in [0, 0.05) is 11.7 Å². The first kappa shape index (κ1) is 19.3. The largest absolute Gasteiger partial charge is 0.496 e. The van der Waals surface area contributed by atoms with Gasteiger partial charge in [-0.1, -0.05) is 12.8 Å². The molecular formula is C19H21FN2O4S. The predicted octanol–water partition coefficient (Wildman–Crippen LogP) is 3.31. The fourth-order valence-corrected chi connectivity index (χ4v) is 4.43. The summed E-state index contributed by atoms with van der Waals surface area (Å²) >= 11 is 0. The van der Waals surface area contributed by atoms with Crippen LogP contribution in [0.2, 0.25) is 0 Å². The fourth-order valence-electron chi connectivity index (χ4n) is 3.09. The topological polar surface area (TPSA) is 84.5 Å². The summed E-state index contributed by atoms with van der Waals surface area (Å²) < 4.78 is 46.2. The maximum absolute atomic E-state index is 13.0. The van der Waals surface area contributed by atoms with Crippen LogP contribution < -0.4 is 14.8 Å². The highest BCUT2D eigenvalue weighted by Crippen LogP contribution is 2.25. The molecule has 0 bridgehead atoms. The van der Waals surface area contributed by atoms with Gasteiger partial charge in [0.15, 0.2) is 0 Å². The molecule has 0 heterocycles. The molecule has 2 aromatic rings. The van der Waals surface area contributed by atoms with E-state index in [9.17, 15) is 17.6 Å². The second kappa shape index (κ2) is 8.06. The number of carbonyl (C=O) groups is 1. The zero-order valence-electron chi connectivity index (χ0n) is 14.9. The second-order valence-electron chi connectivity index (χ2n) is 6.43. The molecule has 1 amide bonds. The Kier molecular flexibility index (Phi) is 5.76. The number of sulfonamides is 1. The molecule has 0 aromatic heterocycles. The standard InChI is InChI=1S/C19H21FN2O4S/c1-26-18-11-10-16(27(24,25)22-15-4-2-3-5-15)12-17(18)19(23)21-14-8-6-13(20)7-9-14/h6-12,15,22H,2-5H2,1H3,(H,21,23). The van der Waals surface area contributed by atoms with Gasteiger partial charge >= 0.3 is 0 Å². The third-order valence-electron chi connectivity index (χ3n) is 4.50. The molecule has 0 radical (unpaired) electrons. The minimum Gasteiger partial charge on any atom is -0.496 e. The van der Waals surface area contributed by atoms with Gasteiger partial charge in [0.05, 0.1) is 17.6 Å². The van der Waals surface area contributed by atoms with Crippen molar-refractivity contribution in [2.75, 3.05) is 12.4 Å². The van der Waals surface area contributed by atoms with Gasteiger partial charge in [-0.2, -0.15) is 0 Å². The van der Waals surface area contributed by atoms with Gasteiger partial charge in [-0.25, -0.2) is 17.5 Å². The highest BCUT2D eigenvalue weighted by atomic mass is 32.2. The van der Waals surface area contributed by atoms with E-state index in [1.165, 1.54) is 49.6 Å². The Morgan fingerprint density at radius 2 is 1.78 bits per heavy atom. The summed E-state index contributed by atoms with van der Waals surface area (Å²) in [4.78, 5) is 12.6. The van der Waals surface area contributed by atoms with Crippen molar-refractivity contribution in [3.63, 3.8) is 0 Å². The zero-order valence-corrected chi connectivity index (χ0v) is 15.7. The average molecular weight is 392 g/mol. The monoisotopic (exact) mass is 392 g/mol. The predicted molar refractivity (Wildman–Crippen MR) is 99.9 cm³/mol. The molecule has 2 N–H and O–H groups in total. The first-order valence-corrected chi connectivity index (χ1v) is 10.1. The smallest absolute Gasteiger partial charge is 0.259 e. The molecule has 1 aliphatic rings. The number of hydrogen-bond donors (Lipinski definition) is 2. The van der Waals surface area contributed by atoms with Crippen LogP contribution in [0.15, 0.2) is 47.4 Å². The Morgan fingerprint density at radius 3 is 2.41 bits per heavy atom. The summed E-state index contributed by atoms with van der Waals surface area (Å²) in [6.45, 7) is 0. The van der Waals surface area contributed by atoms with Crippen molar-refractivity contribution in [3.8, 4) is 5.75 Å². The first-order valence-electron chi connectivity index (χ1n) is 8.66. The molecule has 0 spiro atoms. The number of benzene rings is 2. The Bertz CT molecular complexity index is 923. The van der Waals surface area contributed by atoms with Crippen LogP contribution in [0.25, 0.3) is 0 Å². The molecule has 8 heteroatoms. The number of amides is 1. The van der Waals surface area contributed by atoms with Gasteiger partial charge < -0.3 is 10.1 Å². The zero-order chi connectivity index (χ0) is 19.4. The molecule has 1 saturated carbocycles. The molecule has 27 heavy (non-hydrogen) atoms. The molecule has 6 nitrogen and oxygen atoms in total. The number of carbonyl (C=O) groups excluding carboxylic acids is 1. The lowest BCUT2D eigenvalue weighted by atomic mass is 10.2. The third-order valence-corrected chi connectivity index (χ3v) is 6.02. The number of halogens is 1. The van der Waals surface area contributed by atoms with Crippen LogP contribution in [-0.2, 0) is 10.0 Å². The summed E-state index contributed by atoms with van der Waals surface area (Å²) in [6, 6.07) is 9.35. The van der Waals surface area contributed by atoms with Crippen molar-refractivity contribution in [2.24, 2.45) is 0 Å². The summed E-state index contributed by atoms with van der Waals surface area (Å²) in [5.74, 6) is -0.720. The summed E-state index contributed by atoms with van der Waals surface area (Å²) in [7, 11) is -2.34. The second-order valence-corrected chi connectivity index (χ2v) is 8.14. The molecule has 3 rings (SSSR count). The summed E-state index contributed by atoms with van der Waals surface area (Å²) in [6.07, 6.45) is 3.63. The van der Waals surface area contributed by atoms with Crippen LogP contribution in [0, 0.1) is 5.82 Å². The molecule has 0 unspecified atom stereocenters. The van der Waals surface area contributed by atoms with Gasteiger partial charge in [-0.05, 0) is 55.3 Å². The van der Waals surface area contributed by atoms with Gasteiger partial charge in [0.1, 0.15) is 11.6 Å². The van der Waals surface area contributed by atoms with E-state index in [1.807, 2.05) is 0 Å². The number of ether oxygens (including phenoxy) is 1. The number of rotatable bonds is 6. The van der Waals surface area contributed by atoms with Gasteiger partial charge in [-0.15, -0.1) is 0 Å². The van der Waals surface area contributed by atoms with Crippen molar-refractivity contribution in [1.82, 2.24) is 4.72 Å². The van der Waals surface area contributed by atoms with E-state index in [4.69, 9.17) is 4.74 Å². The molecule has 144 valence electrons. The highest BCUT2D eigenvalue weighted by Gasteiger charge is 2.25. The van der Waals surface area contributed by atoms with Crippen LogP contribution >= 0.6 is 0 Å². The number of methoxy groups -OCH3 is 1. The molecule has 0 aliphatic heterocycles. The van der Waals surface area contributed by atoms with Crippen molar-refractivity contribution in [3.05, 3.63) is 53.8 Å². The van der Waals surface area contributed by atoms with Crippen molar-refractivity contribution in [2.45, 2.75) is 36.6 Å². The normalized spacial score (nSPS) is 14.9. The Labute approximate surface area is 157 Å². The Morgan fingerprint density at radius 1 is 1.11 bits per heavy atom. The first-order chi connectivity index (χ1) is 12.9. The van der Waals surface area contributed by atoms with Crippen LogP contribution in [0.3, 0.4) is 0 Å². The highest BCUT2D eigenvalue weighted by molar-refractivity contribution is 7.89. The lowest BCUT2D eigenvalue weighted by molar-refractivity contribution is 0.102. The van der Waals surface area contributed by atoms with E-state index in [0.29, 0.717) is 5.69 Å². The third kappa shape index (κ3) is 4.64. The van der Waals surface area contributed by atoms with Gasteiger partial charge in [0.2, 0.25) is 10.0 Å². The van der Waals surface area contributed by atoms with Gasteiger partial charge in [-0.3, -0.25) is 4.79 Å². The van der Waals surface area contributed by atoms with E-state index < -0.39 is 21.7 Å². The number of anilines is 1. The molecule has 0 saturated heterocycles. The van der Waals surface area contributed by atoms with E-state index in [-0.39, 0.29) is 22.3 Å². The maximum atomic E-state index is 13.0. The Hall–Kier alpha value is -2.45. The van der Waals surface area contributed by atoms with Crippen LogP contribution in [0.1, 0.15) is 36.0 Å². The lowest BCUT2D eigenvalue weighted by Crippen LogP contribution is -2.32. The maximum Gasteiger partial charge on any atom is 0.259 e. The van der Waals surface area contributed by atoms with E-state index in [1.54, 1.807) is 0 Å². The fraction of sp³-hybridized carbons (Fsp3) is 0.316. The van der Waals surface area contributed by atoms with Crippen molar-refractivity contribution >= 4 is 21.6 Å². The van der Waals surface area contributed by atoms with Crippen LogP contribution in [0.5, 0.6) is 5.75 Å². The van der Waals surface area contributed by atoms with Crippen LogP contribution in [0.4, 0.5) is 10.1 Å². The van der Waals surface area contributed by atoms with Gasteiger partial charge in [0.25, 0.3) is 5.91 Å². The summed E-state index contributed by atoms with van der Waals surface area (Å²) in [5, 5.41) is 2.61. The lowest BCUT2D eigenvalue weighted by Gasteiger charge is -2.15.